The van der Waals surface area contributed by atoms with Crippen molar-refractivity contribution in [3.05, 3.63) is 54.1 Å². The van der Waals surface area contributed by atoms with E-state index in [1.807, 2.05) is 12.1 Å². The van der Waals surface area contributed by atoms with E-state index in [-0.39, 0.29) is 24.0 Å². The maximum absolute atomic E-state index is 13.3. The van der Waals surface area contributed by atoms with Crippen LogP contribution in [0.25, 0.3) is 22.4 Å². The number of aromatic nitrogens is 2. The van der Waals surface area contributed by atoms with Gasteiger partial charge in [0.2, 0.25) is 0 Å². The van der Waals surface area contributed by atoms with Crippen molar-refractivity contribution < 1.29 is 14.1 Å². The Labute approximate surface area is 204 Å². The standard InChI is InChI=1S/C30H41N2O2/c1-20(2)24-17-12-21(3)18-27(24)34-28(33)19-32-26-11-9-8-10-25(26)31(7)29(32)22-13-15-23(16-14-22)30(4,5)6/h8-11,13-16,20-21,24,27H,12,17-19H2,1-7H3/q+1/t21-,24?,27-/m1/s1. The molecule has 1 unspecified atom stereocenters. The summed E-state index contributed by atoms with van der Waals surface area (Å²) < 4.78 is 10.5. The highest BCUT2D eigenvalue weighted by Crippen LogP contribution is 2.35. The summed E-state index contributed by atoms with van der Waals surface area (Å²) in [5.41, 5.74) is 4.66. The molecule has 0 saturated heterocycles. The number of esters is 1. The number of aryl methyl sites for hydroxylation is 1. The van der Waals surface area contributed by atoms with E-state index in [4.69, 9.17) is 4.74 Å². The Morgan fingerprint density at radius 2 is 1.76 bits per heavy atom. The summed E-state index contributed by atoms with van der Waals surface area (Å²) in [4.78, 5) is 13.3. The normalized spacial score (nSPS) is 21.2. The first-order valence-electron chi connectivity index (χ1n) is 12.8. The van der Waals surface area contributed by atoms with Crippen LogP contribution in [0.4, 0.5) is 0 Å². The lowest BCUT2D eigenvalue weighted by Crippen LogP contribution is -2.37. The highest BCUT2D eigenvalue weighted by molar-refractivity contribution is 5.79. The van der Waals surface area contributed by atoms with Crippen LogP contribution in [0.15, 0.2) is 48.5 Å². The molecule has 0 N–H and O–H groups in total. The van der Waals surface area contributed by atoms with Crippen molar-refractivity contribution in [1.82, 2.24) is 4.57 Å². The quantitative estimate of drug-likeness (QED) is 0.324. The molecule has 3 atom stereocenters. The molecule has 34 heavy (non-hydrogen) atoms. The van der Waals surface area contributed by atoms with Crippen LogP contribution in [-0.2, 0) is 28.5 Å². The zero-order valence-corrected chi connectivity index (χ0v) is 22.0. The SMILES string of the molecule is CC(C)C1CC[C@@H](C)C[C@H]1OC(=O)Cn1c(-c2ccc(C(C)(C)C)cc2)[n+](C)c2ccccc21. The highest BCUT2D eigenvalue weighted by atomic mass is 16.5. The van der Waals surface area contributed by atoms with E-state index in [0.29, 0.717) is 17.8 Å². The van der Waals surface area contributed by atoms with Crippen molar-refractivity contribution in [2.75, 3.05) is 0 Å². The molecule has 182 valence electrons. The van der Waals surface area contributed by atoms with E-state index in [1.54, 1.807) is 0 Å². The molecular weight excluding hydrogens is 420 g/mol. The Bertz CT molecular complexity index is 1150. The third kappa shape index (κ3) is 4.92. The van der Waals surface area contributed by atoms with Gasteiger partial charge in [-0.15, -0.1) is 0 Å². The fourth-order valence-corrected chi connectivity index (χ4v) is 5.60. The van der Waals surface area contributed by atoms with Gasteiger partial charge in [0.1, 0.15) is 6.10 Å². The molecular formula is C30H41N2O2+. The number of fused-ring (bicyclic) bond motifs is 1. The molecule has 0 spiro atoms. The molecule has 1 heterocycles. The molecule has 1 aromatic heterocycles. The summed E-state index contributed by atoms with van der Waals surface area (Å²) in [5.74, 6) is 2.46. The Hall–Kier alpha value is -2.62. The number of hydrogen-bond acceptors (Lipinski definition) is 2. The molecule has 0 bridgehead atoms. The smallest absolute Gasteiger partial charge is 0.348 e. The average molecular weight is 462 g/mol. The molecule has 1 fully saturated rings. The minimum atomic E-state index is -0.140. The van der Waals surface area contributed by atoms with Gasteiger partial charge >= 0.3 is 5.97 Å². The second-order valence-electron chi connectivity index (χ2n) is 11.6. The second kappa shape index (κ2) is 9.56. The van der Waals surface area contributed by atoms with Gasteiger partial charge in [0, 0.05) is 0 Å². The molecule has 1 saturated carbocycles. The fourth-order valence-electron chi connectivity index (χ4n) is 5.60. The highest BCUT2D eigenvalue weighted by Gasteiger charge is 2.34. The van der Waals surface area contributed by atoms with Crippen molar-refractivity contribution in [2.45, 2.75) is 78.9 Å². The van der Waals surface area contributed by atoms with Crippen LogP contribution in [0.2, 0.25) is 0 Å². The monoisotopic (exact) mass is 461 g/mol. The molecule has 0 amide bonds. The average Bonchev–Trinajstić information content (AvgIpc) is 3.04. The summed E-state index contributed by atoms with van der Waals surface area (Å²) >= 11 is 0. The molecule has 0 aliphatic heterocycles. The topological polar surface area (TPSA) is 35.1 Å². The molecule has 0 radical (unpaired) electrons. The molecule has 4 heteroatoms. The van der Waals surface area contributed by atoms with Crippen LogP contribution < -0.4 is 4.57 Å². The van der Waals surface area contributed by atoms with Gasteiger partial charge in [0.25, 0.3) is 5.82 Å². The first-order chi connectivity index (χ1) is 16.1. The Morgan fingerprint density at radius 3 is 2.41 bits per heavy atom. The van der Waals surface area contributed by atoms with E-state index < -0.39 is 0 Å². The number of rotatable bonds is 5. The summed E-state index contributed by atoms with van der Waals surface area (Å²) in [6.45, 7) is 13.7. The minimum absolute atomic E-state index is 0.0151. The molecule has 1 aliphatic rings. The maximum atomic E-state index is 13.3. The van der Waals surface area contributed by atoms with Crippen LogP contribution in [0.3, 0.4) is 0 Å². The lowest BCUT2D eigenvalue weighted by molar-refractivity contribution is -0.634. The third-order valence-corrected chi connectivity index (χ3v) is 7.65. The lowest BCUT2D eigenvalue weighted by Gasteiger charge is -2.36. The van der Waals surface area contributed by atoms with Crippen molar-refractivity contribution in [1.29, 1.82) is 0 Å². The van der Waals surface area contributed by atoms with Gasteiger partial charge < -0.3 is 4.74 Å². The predicted molar refractivity (Wildman–Crippen MR) is 138 cm³/mol. The van der Waals surface area contributed by atoms with Gasteiger partial charge in [0.15, 0.2) is 17.6 Å². The Balaban J connectivity index is 1.68. The van der Waals surface area contributed by atoms with Gasteiger partial charge in [-0.3, -0.25) is 0 Å². The van der Waals surface area contributed by atoms with E-state index in [9.17, 15) is 4.79 Å². The summed E-state index contributed by atoms with van der Waals surface area (Å²) in [7, 11) is 2.08. The van der Waals surface area contributed by atoms with Crippen molar-refractivity contribution >= 4 is 17.0 Å². The number of imidazole rings is 1. The van der Waals surface area contributed by atoms with Gasteiger partial charge in [-0.2, -0.15) is 0 Å². The van der Waals surface area contributed by atoms with Crippen LogP contribution in [0.1, 0.15) is 66.4 Å². The van der Waals surface area contributed by atoms with E-state index in [0.717, 1.165) is 35.3 Å². The van der Waals surface area contributed by atoms with Crippen LogP contribution >= 0.6 is 0 Å². The summed E-state index contributed by atoms with van der Waals surface area (Å²) in [6.07, 6.45) is 3.35. The third-order valence-electron chi connectivity index (χ3n) is 7.65. The Morgan fingerprint density at radius 1 is 1.09 bits per heavy atom. The predicted octanol–water partition coefficient (Wildman–Crippen LogP) is 6.43. The van der Waals surface area contributed by atoms with Gasteiger partial charge in [-0.05, 0) is 65.8 Å². The molecule has 4 nitrogen and oxygen atoms in total. The minimum Gasteiger partial charge on any atom is -0.459 e. The number of para-hydroxylation sites is 2. The number of carbonyl (C=O) groups is 1. The first-order valence-corrected chi connectivity index (χ1v) is 12.8. The second-order valence-corrected chi connectivity index (χ2v) is 11.6. The number of hydrogen-bond donors (Lipinski definition) is 0. The zero-order chi connectivity index (χ0) is 24.6. The van der Waals surface area contributed by atoms with Crippen LogP contribution in [0, 0.1) is 17.8 Å². The number of carbonyl (C=O) groups excluding carboxylic acids is 1. The number of nitrogens with zero attached hydrogens (tertiary/aromatic N) is 2. The molecule has 2 aromatic carbocycles. The van der Waals surface area contributed by atoms with Crippen molar-refractivity contribution in [3.63, 3.8) is 0 Å². The number of benzene rings is 2. The Kier molecular flexibility index (Phi) is 6.89. The van der Waals surface area contributed by atoms with E-state index >= 15 is 0 Å². The molecule has 1 aliphatic carbocycles. The maximum Gasteiger partial charge on any atom is 0.348 e. The first kappa shape index (κ1) is 24.5. The van der Waals surface area contributed by atoms with Crippen LogP contribution in [-0.4, -0.2) is 16.6 Å². The van der Waals surface area contributed by atoms with Gasteiger partial charge in [0.05, 0.1) is 12.6 Å². The summed E-state index contributed by atoms with van der Waals surface area (Å²) in [5, 5.41) is 0. The number of ether oxygens (including phenoxy) is 1. The largest absolute Gasteiger partial charge is 0.459 e. The summed E-state index contributed by atoms with van der Waals surface area (Å²) in [6, 6.07) is 17.0. The van der Waals surface area contributed by atoms with Crippen molar-refractivity contribution in [2.24, 2.45) is 24.8 Å². The molecule has 3 aromatic rings. The van der Waals surface area contributed by atoms with Crippen LogP contribution in [0.5, 0.6) is 0 Å². The fraction of sp³-hybridized carbons (Fsp3) is 0.533. The van der Waals surface area contributed by atoms with E-state index in [1.165, 1.54) is 12.0 Å². The van der Waals surface area contributed by atoms with Gasteiger partial charge in [-0.25, -0.2) is 13.9 Å². The van der Waals surface area contributed by atoms with E-state index in [2.05, 4.69) is 94.1 Å². The zero-order valence-electron chi connectivity index (χ0n) is 22.0. The van der Waals surface area contributed by atoms with Crippen molar-refractivity contribution in [3.8, 4) is 11.4 Å². The lowest BCUT2D eigenvalue weighted by atomic mass is 9.75. The molecule has 4 rings (SSSR count). The van der Waals surface area contributed by atoms with Gasteiger partial charge in [-0.1, -0.05) is 72.2 Å².